The van der Waals surface area contributed by atoms with Gasteiger partial charge in [-0.05, 0) is 112 Å². The number of furan rings is 1. The summed E-state index contributed by atoms with van der Waals surface area (Å²) in [7, 11) is 0. The van der Waals surface area contributed by atoms with E-state index < -0.39 is 0 Å². The van der Waals surface area contributed by atoms with E-state index in [1.807, 2.05) is 0 Å². The van der Waals surface area contributed by atoms with E-state index in [1.165, 1.54) is 49.7 Å². The molecule has 0 radical (unpaired) electrons. The molecule has 0 bridgehead atoms. The van der Waals surface area contributed by atoms with E-state index in [2.05, 4.69) is 176 Å². The van der Waals surface area contributed by atoms with Crippen LogP contribution in [-0.4, -0.2) is 15.0 Å². The molecule has 9 aromatic rings. The maximum Gasteiger partial charge on any atom is 0.164 e. The lowest BCUT2D eigenvalue weighted by Crippen LogP contribution is -2.07. The first-order valence-electron chi connectivity index (χ1n) is 21.3. The first-order chi connectivity index (χ1) is 29.7. The van der Waals surface area contributed by atoms with Gasteiger partial charge in [0.05, 0.1) is 0 Å². The number of fused-ring (bicyclic) bond motifs is 8. The van der Waals surface area contributed by atoms with Crippen LogP contribution in [-0.2, 0) is 12.8 Å². The summed E-state index contributed by atoms with van der Waals surface area (Å²) in [5.41, 5.74) is 15.1. The Morgan fingerprint density at radius 1 is 0.533 bits per heavy atom. The van der Waals surface area contributed by atoms with Gasteiger partial charge in [0.2, 0.25) is 0 Å². The highest BCUT2D eigenvalue weighted by Crippen LogP contribution is 2.47. The standard InChI is InChI=1S/C56H41N3O/c1-2-13-35(14-3-1)38-19-12-20-42(30-38)54-57-55(43-26-25-36-15-4-5-16-37(36)31-43)59-56(58-54)44-33-50(53-51(34-44)48-23-10-11-24-52(48)60-53)47-28-27-41-29-39-17-6-7-18-40(39)32-49(41)46-22-9-8-21-45(46)47/h1-4,6-15,17-18,20-26,29-34,38,47H,5,16,19,27-28H2/t38?,47-/m0/s1. The van der Waals surface area contributed by atoms with Crippen molar-refractivity contribution >= 4 is 44.4 Å². The minimum atomic E-state index is 0.0739. The van der Waals surface area contributed by atoms with Crippen molar-refractivity contribution in [3.05, 3.63) is 209 Å². The van der Waals surface area contributed by atoms with Gasteiger partial charge in [-0.15, -0.1) is 0 Å². The third-order valence-corrected chi connectivity index (χ3v) is 12.9. The van der Waals surface area contributed by atoms with Crippen LogP contribution in [0.3, 0.4) is 0 Å². The van der Waals surface area contributed by atoms with Gasteiger partial charge in [0.15, 0.2) is 17.5 Å². The maximum absolute atomic E-state index is 6.87. The van der Waals surface area contributed by atoms with Gasteiger partial charge in [-0.2, -0.15) is 0 Å². The number of nitrogens with zero attached hydrogens (tertiary/aromatic N) is 3. The van der Waals surface area contributed by atoms with Crippen LogP contribution in [0.15, 0.2) is 174 Å². The molecule has 7 aromatic carbocycles. The lowest BCUT2D eigenvalue weighted by molar-refractivity contribution is 0.647. The Hall–Kier alpha value is -7.17. The molecule has 4 heteroatoms. The van der Waals surface area contributed by atoms with Crippen LogP contribution in [0, 0.1) is 0 Å². The van der Waals surface area contributed by atoms with E-state index in [1.54, 1.807) is 0 Å². The molecule has 2 aromatic heterocycles. The SMILES string of the molecule is C1=Cc2ccc(-c3nc(C4=CC(c5ccccc5)CC=C4)nc(-c4cc([C@H]5CCc6cc7ccccc7cc6-c6ccccc65)c5oc6ccccc6c5c4)n3)cc2CC1. The quantitative estimate of drug-likeness (QED) is 0.175. The van der Waals surface area contributed by atoms with E-state index in [0.717, 1.165) is 76.3 Å². The van der Waals surface area contributed by atoms with E-state index in [4.69, 9.17) is 19.4 Å². The van der Waals surface area contributed by atoms with Gasteiger partial charge >= 0.3 is 0 Å². The predicted molar refractivity (Wildman–Crippen MR) is 246 cm³/mol. The van der Waals surface area contributed by atoms with Crippen LogP contribution in [0.4, 0.5) is 0 Å². The number of hydrogen-bond donors (Lipinski definition) is 0. The highest BCUT2D eigenvalue weighted by atomic mass is 16.3. The molecule has 3 aliphatic carbocycles. The van der Waals surface area contributed by atoms with Crippen LogP contribution in [0.25, 0.3) is 78.3 Å². The van der Waals surface area contributed by atoms with E-state index in [0.29, 0.717) is 17.5 Å². The number of rotatable bonds is 5. The zero-order chi connectivity index (χ0) is 39.6. The third-order valence-electron chi connectivity index (χ3n) is 12.9. The summed E-state index contributed by atoms with van der Waals surface area (Å²) in [6.07, 6.45) is 16.1. The summed E-state index contributed by atoms with van der Waals surface area (Å²) in [5.74, 6) is 2.34. The molecule has 60 heavy (non-hydrogen) atoms. The summed E-state index contributed by atoms with van der Waals surface area (Å²) in [6, 6.07) is 52.8. The zero-order valence-corrected chi connectivity index (χ0v) is 33.2. The molecule has 286 valence electrons. The van der Waals surface area contributed by atoms with Crippen molar-refractivity contribution in [1.29, 1.82) is 0 Å². The van der Waals surface area contributed by atoms with Crippen molar-refractivity contribution in [1.82, 2.24) is 15.0 Å². The maximum atomic E-state index is 6.87. The van der Waals surface area contributed by atoms with Crippen molar-refractivity contribution in [2.24, 2.45) is 0 Å². The Bertz CT molecular complexity index is 3260. The summed E-state index contributed by atoms with van der Waals surface area (Å²) in [6.45, 7) is 0. The Balaban J connectivity index is 1.07. The highest BCUT2D eigenvalue weighted by Gasteiger charge is 2.29. The second kappa shape index (κ2) is 14.3. The average Bonchev–Trinajstić information content (AvgIpc) is 3.62. The minimum Gasteiger partial charge on any atom is -0.456 e. The Morgan fingerprint density at radius 2 is 1.32 bits per heavy atom. The van der Waals surface area contributed by atoms with Gasteiger partial charge in [-0.1, -0.05) is 146 Å². The molecule has 0 N–H and O–H groups in total. The van der Waals surface area contributed by atoms with E-state index in [9.17, 15) is 0 Å². The Morgan fingerprint density at radius 3 is 2.23 bits per heavy atom. The Kier molecular flexibility index (Phi) is 8.29. The second-order valence-electron chi connectivity index (χ2n) is 16.5. The van der Waals surface area contributed by atoms with Gasteiger partial charge < -0.3 is 4.42 Å². The number of aryl methyl sites for hydroxylation is 2. The molecular formula is C56H41N3O. The highest BCUT2D eigenvalue weighted by molar-refractivity contribution is 6.07. The lowest BCUT2D eigenvalue weighted by Gasteiger charge is -2.20. The largest absolute Gasteiger partial charge is 0.456 e. The summed E-state index contributed by atoms with van der Waals surface area (Å²) in [5, 5.41) is 4.71. The van der Waals surface area contributed by atoms with Crippen molar-refractivity contribution in [3.63, 3.8) is 0 Å². The number of aromatic nitrogens is 3. The van der Waals surface area contributed by atoms with Crippen LogP contribution < -0.4 is 0 Å². The topological polar surface area (TPSA) is 51.8 Å². The summed E-state index contributed by atoms with van der Waals surface area (Å²) < 4.78 is 6.87. The van der Waals surface area contributed by atoms with Crippen LogP contribution in [0.2, 0.25) is 0 Å². The second-order valence-corrected chi connectivity index (χ2v) is 16.5. The molecule has 0 saturated heterocycles. The fraction of sp³-hybridized carbons (Fsp3) is 0.125. The van der Waals surface area contributed by atoms with Crippen LogP contribution in [0.1, 0.15) is 70.3 Å². The normalized spacial score (nSPS) is 17.0. The molecule has 1 unspecified atom stereocenters. The lowest BCUT2D eigenvalue weighted by atomic mass is 9.84. The van der Waals surface area contributed by atoms with E-state index >= 15 is 0 Å². The monoisotopic (exact) mass is 771 g/mol. The van der Waals surface area contributed by atoms with Gasteiger partial charge in [0, 0.05) is 44.9 Å². The van der Waals surface area contributed by atoms with Gasteiger partial charge in [0.1, 0.15) is 11.2 Å². The number of para-hydroxylation sites is 1. The number of benzene rings is 7. The molecular weight excluding hydrogens is 731 g/mol. The van der Waals surface area contributed by atoms with Gasteiger partial charge in [0.25, 0.3) is 0 Å². The average molecular weight is 772 g/mol. The molecule has 0 amide bonds. The zero-order valence-electron chi connectivity index (χ0n) is 33.2. The number of hydrogen-bond acceptors (Lipinski definition) is 4. The van der Waals surface area contributed by atoms with Crippen molar-refractivity contribution in [3.8, 4) is 33.9 Å². The summed E-state index contributed by atoms with van der Waals surface area (Å²) in [4.78, 5) is 16.0. The third kappa shape index (κ3) is 6.02. The minimum absolute atomic E-state index is 0.0739. The van der Waals surface area contributed by atoms with Gasteiger partial charge in [-0.25, -0.2) is 15.0 Å². The van der Waals surface area contributed by atoms with Crippen molar-refractivity contribution in [2.75, 3.05) is 0 Å². The van der Waals surface area contributed by atoms with Crippen LogP contribution >= 0.6 is 0 Å². The predicted octanol–water partition coefficient (Wildman–Crippen LogP) is 14.1. The summed E-state index contributed by atoms with van der Waals surface area (Å²) >= 11 is 0. The molecule has 0 fully saturated rings. The first-order valence-corrected chi connectivity index (χ1v) is 21.3. The van der Waals surface area contributed by atoms with Crippen molar-refractivity contribution < 1.29 is 4.42 Å². The Labute approximate surface area is 349 Å². The van der Waals surface area contributed by atoms with Crippen molar-refractivity contribution in [2.45, 2.75) is 43.9 Å². The first kappa shape index (κ1) is 34.8. The molecule has 2 heterocycles. The fourth-order valence-corrected chi connectivity index (χ4v) is 9.91. The molecule has 0 saturated carbocycles. The fourth-order valence-electron chi connectivity index (χ4n) is 9.91. The van der Waals surface area contributed by atoms with Gasteiger partial charge in [-0.3, -0.25) is 0 Å². The molecule has 2 atom stereocenters. The number of allylic oxidation sites excluding steroid dienone is 5. The van der Waals surface area contributed by atoms with E-state index in [-0.39, 0.29) is 11.8 Å². The molecule has 12 rings (SSSR count). The molecule has 3 aliphatic rings. The van der Waals surface area contributed by atoms with Crippen LogP contribution in [0.5, 0.6) is 0 Å². The smallest absolute Gasteiger partial charge is 0.164 e. The molecule has 4 nitrogen and oxygen atoms in total. The molecule has 0 spiro atoms. The molecule has 0 aliphatic heterocycles.